The fourth-order valence-corrected chi connectivity index (χ4v) is 8.15. The van der Waals surface area contributed by atoms with Crippen LogP contribution in [0.15, 0.2) is 41.2 Å². The number of likely N-dealkylation sites (tertiary alicyclic amines) is 1. The van der Waals surface area contributed by atoms with Gasteiger partial charge in [0.2, 0.25) is 5.91 Å². The molecule has 292 valence electrons. The van der Waals surface area contributed by atoms with E-state index in [2.05, 4.69) is 10.6 Å². The van der Waals surface area contributed by atoms with Crippen LogP contribution in [0.2, 0.25) is 0 Å². The smallest absolute Gasteiger partial charge is 0.431 e. The van der Waals surface area contributed by atoms with E-state index in [0.29, 0.717) is 32.9 Å². The topological polar surface area (TPSA) is 121 Å². The Labute approximate surface area is 310 Å². The molecule has 2 amide bonds. The van der Waals surface area contributed by atoms with Gasteiger partial charge in [-0.05, 0) is 116 Å². The van der Waals surface area contributed by atoms with Crippen molar-refractivity contribution in [3.8, 4) is 11.1 Å². The number of amides is 2. The maximum Gasteiger partial charge on any atom is 0.431 e. The molecular formula is C40H47F5N4O5. The summed E-state index contributed by atoms with van der Waals surface area (Å²) in [4.78, 5) is 55.0. The highest BCUT2D eigenvalue weighted by atomic mass is 19.4. The summed E-state index contributed by atoms with van der Waals surface area (Å²) < 4.78 is 72.6. The average molecular weight is 759 g/mol. The summed E-state index contributed by atoms with van der Waals surface area (Å²) in [6, 6.07) is 4.25. The Bertz CT molecular complexity index is 1950. The first-order valence-electron chi connectivity index (χ1n) is 18.2. The zero-order chi connectivity index (χ0) is 39.7. The predicted molar refractivity (Wildman–Crippen MR) is 193 cm³/mol. The summed E-state index contributed by atoms with van der Waals surface area (Å²) in [5.74, 6) is -4.78. The van der Waals surface area contributed by atoms with Gasteiger partial charge in [-0.3, -0.25) is 19.2 Å². The number of carboxylic acid groups (broad SMARTS) is 1. The number of aliphatic carboxylic acids is 1. The van der Waals surface area contributed by atoms with Crippen LogP contribution < -0.4 is 16.2 Å². The molecule has 2 aliphatic rings. The Kier molecular flexibility index (Phi) is 12.0. The second-order valence-electron chi connectivity index (χ2n) is 15.4. The number of aromatic nitrogens is 1. The van der Waals surface area contributed by atoms with Gasteiger partial charge in [0.25, 0.3) is 11.5 Å². The number of carbonyl (C=O) groups is 3. The third-order valence-electron chi connectivity index (χ3n) is 10.6. The Balaban J connectivity index is 1.41. The van der Waals surface area contributed by atoms with E-state index in [9.17, 15) is 41.8 Å². The van der Waals surface area contributed by atoms with Crippen LogP contribution in [-0.2, 0) is 22.3 Å². The van der Waals surface area contributed by atoms with Gasteiger partial charge >= 0.3 is 12.1 Å². The van der Waals surface area contributed by atoms with E-state index in [1.165, 1.54) is 25.1 Å². The Morgan fingerprint density at radius 3 is 2.11 bits per heavy atom. The number of benzene rings is 2. The zero-order valence-corrected chi connectivity index (χ0v) is 31.1. The monoisotopic (exact) mass is 758 g/mol. The maximum absolute atomic E-state index is 15.8. The number of nitrogens with one attached hydrogen (secondary N) is 2. The molecule has 54 heavy (non-hydrogen) atoms. The van der Waals surface area contributed by atoms with Crippen LogP contribution in [0.1, 0.15) is 96.7 Å². The Hall–Kier alpha value is -4.59. The lowest BCUT2D eigenvalue weighted by Crippen LogP contribution is -2.55. The number of halogens is 5. The molecular weight excluding hydrogens is 711 g/mol. The molecule has 0 unspecified atom stereocenters. The minimum Gasteiger partial charge on any atom is -0.481 e. The molecule has 0 bridgehead atoms. The molecule has 1 aliphatic heterocycles. The summed E-state index contributed by atoms with van der Waals surface area (Å²) in [6.45, 7) is 9.73. The van der Waals surface area contributed by atoms with Crippen molar-refractivity contribution in [1.29, 1.82) is 0 Å². The molecule has 1 aromatic heterocycles. The first kappa shape index (κ1) is 40.6. The number of aryl methyl sites for hydroxylation is 3. The lowest BCUT2D eigenvalue weighted by atomic mass is 9.78. The van der Waals surface area contributed by atoms with Gasteiger partial charge in [-0.15, -0.1) is 0 Å². The van der Waals surface area contributed by atoms with Crippen molar-refractivity contribution in [2.45, 2.75) is 97.9 Å². The molecule has 0 radical (unpaired) electrons. The van der Waals surface area contributed by atoms with Crippen molar-refractivity contribution in [2.24, 2.45) is 11.3 Å². The first-order chi connectivity index (χ1) is 25.3. The van der Waals surface area contributed by atoms with Crippen LogP contribution in [0.25, 0.3) is 11.1 Å². The second-order valence-corrected chi connectivity index (χ2v) is 15.4. The van der Waals surface area contributed by atoms with E-state index in [1.807, 2.05) is 4.90 Å². The van der Waals surface area contributed by atoms with Crippen molar-refractivity contribution in [3.05, 3.63) is 91.9 Å². The van der Waals surface area contributed by atoms with Crippen LogP contribution >= 0.6 is 0 Å². The summed E-state index contributed by atoms with van der Waals surface area (Å²) in [7, 11) is 0. The van der Waals surface area contributed by atoms with Crippen molar-refractivity contribution >= 4 is 17.8 Å². The van der Waals surface area contributed by atoms with Gasteiger partial charge in [0.15, 0.2) is 0 Å². The normalized spacial score (nSPS) is 16.6. The number of carbonyl (C=O) groups excluding carboxylic acids is 2. The van der Waals surface area contributed by atoms with Gasteiger partial charge in [0.05, 0.1) is 12.5 Å². The molecule has 1 aliphatic carbocycles. The fourth-order valence-electron chi connectivity index (χ4n) is 8.15. The van der Waals surface area contributed by atoms with Crippen LogP contribution in [0.5, 0.6) is 0 Å². The number of nitrogens with zero attached hydrogens (tertiary/aromatic N) is 2. The maximum atomic E-state index is 15.8. The van der Waals surface area contributed by atoms with Gasteiger partial charge in [0, 0.05) is 31.7 Å². The zero-order valence-electron chi connectivity index (χ0n) is 31.1. The van der Waals surface area contributed by atoms with Crippen molar-refractivity contribution in [1.82, 2.24) is 20.1 Å². The molecule has 2 aromatic carbocycles. The van der Waals surface area contributed by atoms with E-state index in [0.717, 1.165) is 44.8 Å². The molecule has 9 nitrogen and oxygen atoms in total. The number of rotatable bonds is 13. The lowest BCUT2D eigenvalue weighted by Gasteiger charge is -2.48. The van der Waals surface area contributed by atoms with Crippen LogP contribution in [0.3, 0.4) is 0 Å². The van der Waals surface area contributed by atoms with Gasteiger partial charge in [0.1, 0.15) is 28.9 Å². The molecule has 2 heterocycles. The van der Waals surface area contributed by atoms with E-state index < -0.39 is 70.9 Å². The van der Waals surface area contributed by atoms with Crippen molar-refractivity contribution < 1.29 is 41.4 Å². The van der Waals surface area contributed by atoms with Crippen molar-refractivity contribution in [3.63, 3.8) is 0 Å². The summed E-state index contributed by atoms with van der Waals surface area (Å²) in [6.07, 6.45) is -1.21. The Morgan fingerprint density at radius 1 is 0.907 bits per heavy atom. The molecule has 5 rings (SSSR count). The number of pyridine rings is 1. The highest BCUT2D eigenvalue weighted by Crippen LogP contribution is 2.45. The predicted octanol–water partition coefficient (Wildman–Crippen LogP) is 7.09. The molecule has 1 saturated carbocycles. The van der Waals surface area contributed by atoms with Crippen molar-refractivity contribution in [2.75, 3.05) is 19.6 Å². The van der Waals surface area contributed by atoms with Gasteiger partial charge in [-0.1, -0.05) is 26.7 Å². The lowest BCUT2D eigenvalue weighted by molar-refractivity contribution is -0.144. The first-order valence-corrected chi connectivity index (χ1v) is 18.2. The summed E-state index contributed by atoms with van der Waals surface area (Å²) in [5, 5.41) is 14.8. The minimum atomic E-state index is -4.87. The number of alkyl halides is 3. The molecule has 14 heteroatoms. The van der Waals surface area contributed by atoms with Crippen LogP contribution in [0, 0.1) is 43.7 Å². The van der Waals surface area contributed by atoms with Gasteiger partial charge < -0.3 is 25.2 Å². The SMILES string of the molecule is Cc1cc(-c2c(C)cc(F)cc2C)cc([C@H](CC(=O)O)NC(=O)[C@H](CC(C)C)NC(=O)c2ccc(C(F)(F)F)n(CCN3CC4(CCCC4)C3)c2=O)c1F. The quantitative estimate of drug-likeness (QED) is 0.160. The van der Waals surface area contributed by atoms with E-state index >= 15 is 4.39 Å². The van der Waals surface area contributed by atoms with Crippen LogP contribution in [-0.4, -0.2) is 58.0 Å². The average Bonchev–Trinajstić information content (AvgIpc) is 3.53. The molecule has 2 atom stereocenters. The van der Waals surface area contributed by atoms with E-state index in [4.69, 9.17) is 0 Å². The third kappa shape index (κ3) is 9.02. The summed E-state index contributed by atoms with van der Waals surface area (Å²) in [5.41, 5.74) is -0.558. The minimum absolute atomic E-state index is 0.00157. The Morgan fingerprint density at radius 2 is 1.54 bits per heavy atom. The molecule has 1 spiro atoms. The molecule has 1 saturated heterocycles. The van der Waals surface area contributed by atoms with E-state index in [-0.39, 0.29) is 42.0 Å². The molecule has 3 aromatic rings. The fraction of sp³-hybridized carbons (Fsp3) is 0.500. The summed E-state index contributed by atoms with van der Waals surface area (Å²) >= 11 is 0. The second kappa shape index (κ2) is 16.0. The number of hydrogen-bond acceptors (Lipinski definition) is 5. The van der Waals surface area contributed by atoms with Gasteiger partial charge in [-0.25, -0.2) is 8.78 Å². The molecule has 2 fully saturated rings. The third-order valence-corrected chi connectivity index (χ3v) is 10.6. The number of hydrogen-bond donors (Lipinski definition) is 3. The number of carboxylic acids is 1. The van der Waals surface area contributed by atoms with Crippen LogP contribution in [0.4, 0.5) is 22.0 Å². The highest BCUT2D eigenvalue weighted by Gasteiger charge is 2.44. The molecule has 3 N–H and O–H groups in total. The largest absolute Gasteiger partial charge is 0.481 e. The highest BCUT2D eigenvalue weighted by molar-refractivity contribution is 5.97. The van der Waals surface area contributed by atoms with Gasteiger partial charge in [-0.2, -0.15) is 13.2 Å². The standard InChI is InChI=1S/C40H47F5N4O5/c1-22(2)14-31(37(53)46-30(19-33(50)51)29-18-26(15-25(5)35(29)42)34-23(3)16-27(41)17-24(34)4)47-36(52)28-8-9-32(40(43,44)45)49(38(28)54)13-12-48-20-39(21-48)10-6-7-11-39/h8-9,15-18,22,30-31H,6-7,10-14,19-21H2,1-5H3,(H,46,53)(H,47,52)(H,50,51)/t30-,31-/m0/s1. The van der Waals surface area contributed by atoms with E-state index in [1.54, 1.807) is 33.8 Å².